The first-order valence-corrected chi connectivity index (χ1v) is 7.99. The smallest absolute Gasteiger partial charge is 0.108 e. The van der Waals surface area contributed by atoms with Crippen molar-refractivity contribution < 1.29 is 9.84 Å². The molecule has 2 fully saturated rings. The second kappa shape index (κ2) is 6.80. The maximum Gasteiger partial charge on any atom is 0.108 e. The fourth-order valence-corrected chi connectivity index (χ4v) is 3.62. The zero-order valence-electron chi connectivity index (χ0n) is 12.9. The normalized spacial score (nSPS) is 30.8. The van der Waals surface area contributed by atoms with Gasteiger partial charge in [0.2, 0.25) is 0 Å². The van der Waals surface area contributed by atoms with Crippen LogP contribution >= 0.6 is 0 Å². The van der Waals surface area contributed by atoms with Gasteiger partial charge in [-0.2, -0.15) is 0 Å². The molecule has 118 valence electrons. The number of hydrogen-bond acceptors (Lipinski definition) is 4. The highest BCUT2D eigenvalue weighted by Gasteiger charge is 2.45. The molecule has 0 saturated carbocycles. The van der Waals surface area contributed by atoms with Gasteiger partial charge in [0.15, 0.2) is 0 Å². The maximum atomic E-state index is 11.5. The van der Waals surface area contributed by atoms with Crippen LogP contribution in [0.15, 0.2) is 30.3 Å². The number of benzene rings is 1. The second-order valence-corrected chi connectivity index (χ2v) is 6.14. The van der Waals surface area contributed by atoms with Crippen molar-refractivity contribution in [1.29, 1.82) is 0 Å². The van der Waals surface area contributed by atoms with E-state index in [-0.39, 0.29) is 6.04 Å². The van der Waals surface area contributed by atoms with Gasteiger partial charge in [0.25, 0.3) is 0 Å². The van der Waals surface area contributed by atoms with Gasteiger partial charge in [0.1, 0.15) is 5.60 Å². The van der Waals surface area contributed by atoms with E-state index in [4.69, 9.17) is 11.2 Å². The predicted molar refractivity (Wildman–Crippen MR) is 86.4 cm³/mol. The molecular weight excluding hydrogens is 276 g/mol. The molecule has 1 aromatic carbocycles. The van der Waals surface area contributed by atoms with Crippen LogP contribution in [0.5, 0.6) is 0 Å². The fraction of sp³-hybridized carbons (Fsp3) is 0.556. The van der Waals surface area contributed by atoms with Crippen LogP contribution in [0, 0.1) is 12.3 Å². The highest BCUT2D eigenvalue weighted by atomic mass is 16.5. The van der Waals surface area contributed by atoms with Crippen LogP contribution in [0.1, 0.15) is 12.0 Å². The molecule has 0 amide bonds. The molecule has 0 radical (unpaired) electrons. The Morgan fingerprint density at radius 2 is 1.95 bits per heavy atom. The second-order valence-electron chi connectivity index (χ2n) is 6.14. The van der Waals surface area contributed by atoms with E-state index in [1.165, 1.54) is 0 Å². The molecule has 4 nitrogen and oxygen atoms in total. The summed E-state index contributed by atoms with van der Waals surface area (Å²) in [4.78, 5) is 4.62. The molecular formula is C18H24N2O2. The van der Waals surface area contributed by atoms with E-state index in [1.54, 1.807) is 0 Å². The Balaban J connectivity index is 1.87. The Morgan fingerprint density at radius 3 is 2.64 bits per heavy atom. The van der Waals surface area contributed by atoms with Crippen LogP contribution in [0.25, 0.3) is 0 Å². The van der Waals surface area contributed by atoms with Gasteiger partial charge in [-0.25, -0.2) is 0 Å². The summed E-state index contributed by atoms with van der Waals surface area (Å²) in [7, 11) is 0. The Hall–Kier alpha value is -1.38. The summed E-state index contributed by atoms with van der Waals surface area (Å²) in [5.74, 6) is 2.73. The lowest BCUT2D eigenvalue weighted by Crippen LogP contribution is -2.62. The number of terminal acetylenes is 1. The predicted octanol–water partition coefficient (Wildman–Crippen LogP) is 0.914. The van der Waals surface area contributed by atoms with Gasteiger partial charge in [0.05, 0.1) is 25.8 Å². The Bertz CT molecular complexity index is 522. The number of morpholine rings is 1. The monoisotopic (exact) mass is 300 g/mol. The minimum Gasteiger partial charge on any atom is -0.383 e. The first kappa shape index (κ1) is 15.5. The molecule has 4 heteroatoms. The molecule has 1 aromatic rings. The van der Waals surface area contributed by atoms with E-state index in [1.807, 2.05) is 30.3 Å². The van der Waals surface area contributed by atoms with Gasteiger partial charge >= 0.3 is 0 Å². The topological polar surface area (TPSA) is 35.9 Å². The molecule has 0 aromatic heterocycles. The van der Waals surface area contributed by atoms with Crippen LogP contribution in [-0.4, -0.2) is 66.9 Å². The van der Waals surface area contributed by atoms with E-state index >= 15 is 0 Å². The average molecular weight is 300 g/mol. The summed E-state index contributed by atoms with van der Waals surface area (Å²) in [6.07, 6.45) is 6.18. The van der Waals surface area contributed by atoms with Crippen molar-refractivity contribution in [3.05, 3.63) is 35.9 Å². The Morgan fingerprint density at radius 1 is 1.23 bits per heavy atom. The zero-order valence-corrected chi connectivity index (χ0v) is 12.9. The molecule has 3 rings (SSSR count). The molecule has 2 atom stereocenters. The van der Waals surface area contributed by atoms with E-state index < -0.39 is 5.60 Å². The zero-order chi connectivity index (χ0) is 15.4. The number of likely N-dealkylation sites (tertiary alicyclic amines) is 1. The Kier molecular flexibility index (Phi) is 4.80. The van der Waals surface area contributed by atoms with Crippen LogP contribution in [0.2, 0.25) is 0 Å². The molecule has 0 bridgehead atoms. The van der Waals surface area contributed by atoms with Crippen LogP contribution in [0.4, 0.5) is 0 Å². The molecule has 2 aliphatic rings. The molecule has 22 heavy (non-hydrogen) atoms. The SMILES string of the molecule is C#CCN1CCC(O)(c2ccccc2)C(N2CCOCC2)C1. The van der Waals surface area contributed by atoms with Gasteiger partial charge in [-0.3, -0.25) is 9.80 Å². The van der Waals surface area contributed by atoms with Crippen molar-refractivity contribution in [2.24, 2.45) is 0 Å². The largest absolute Gasteiger partial charge is 0.383 e. The number of hydrogen-bond donors (Lipinski definition) is 1. The van der Waals surface area contributed by atoms with Gasteiger partial charge in [-0.05, 0) is 12.0 Å². The lowest BCUT2D eigenvalue weighted by molar-refractivity contribution is -0.116. The first-order valence-electron chi connectivity index (χ1n) is 7.99. The number of nitrogens with zero attached hydrogens (tertiary/aromatic N) is 2. The number of ether oxygens (including phenoxy) is 1. The van der Waals surface area contributed by atoms with E-state index in [9.17, 15) is 5.11 Å². The summed E-state index contributed by atoms with van der Waals surface area (Å²) in [6, 6.07) is 10.1. The minimum atomic E-state index is -0.816. The first-order chi connectivity index (χ1) is 10.7. The van der Waals surface area contributed by atoms with Crippen molar-refractivity contribution in [2.75, 3.05) is 45.9 Å². The van der Waals surface area contributed by atoms with Crippen molar-refractivity contribution in [2.45, 2.75) is 18.1 Å². The van der Waals surface area contributed by atoms with E-state index in [0.29, 0.717) is 13.0 Å². The summed E-state index contributed by atoms with van der Waals surface area (Å²) in [5.41, 5.74) is 0.191. The van der Waals surface area contributed by atoms with Crippen molar-refractivity contribution in [3.8, 4) is 12.3 Å². The molecule has 2 unspecified atom stereocenters. The Labute approximate surface area is 132 Å². The lowest BCUT2D eigenvalue weighted by atomic mass is 9.79. The molecule has 2 saturated heterocycles. The molecule has 2 aliphatic heterocycles. The summed E-state index contributed by atoms with van der Waals surface area (Å²) in [6.45, 7) is 5.47. The van der Waals surface area contributed by atoms with Crippen LogP contribution in [-0.2, 0) is 10.3 Å². The molecule has 2 heterocycles. The third-order valence-corrected chi connectivity index (χ3v) is 4.87. The van der Waals surface area contributed by atoms with Crippen molar-refractivity contribution in [1.82, 2.24) is 9.80 Å². The highest BCUT2D eigenvalue weighted by molar-refractivity contribution is 5.26. The van der Waals surface area contributed by atoms with Crippen LogP contribution < -0.4 is 0 Å². The standard InChI is InChI=1S/C18H24N2O2/c1-2-9-19-10-8-18(21,16-6-4-3-5-7-16)17(15-19)20-11-13-22-14-12-20/h1,3-7,17,21H,8-15H2. The number of aliphatic hydroxyl groups is 1. The van der Waals surface area contributed by atoms with Crippen molar-refractivity contribution in [3.63, 3.8) is 0 Å². The van der Waals surface area contributed by atoms with Gasteiger partial charge in [-0.15, -0.1) is 6.42 Å². The van der Waals surface area contributed by atoms with E-state index in [0.717, 1.165) is 45.0 Å². The quantitative estimate of drug-likeness (QED) is 0.842. The molecule has 1 N–H and O–H groups in total. The molecule has 0 spiro atoms. The minimum absolute atomic E-state index is 0.0564. The highest BCUT2D eigenvalue weighted by Crippen LogP contribution is 2.36. The van der Waals surface area contributed by atoms with Crippen LogP contribution in [0.3, 0.4) is 0 Å². The average Bonchev–Trinajstić information content (AvgIpc) is 2.58. The van der Waals surface area contributed by atoms with Crippen molar-refractivity contribution >= 4 is 0 Å². The maximum absolute atomic E-state index is 11.5. The summed E-state index contributed by atoms with van der Waals surface area (Å²) in [5, 5.41) is 11.5. The lowest BCUT2D eigenvalue weighted by Gasteiger charge is -2.50. The number of piperidine rings is 1. The van der Waals surface area contributed by atoms with E-state index in [2.05, 4.69) is 15.7 Å². The number of rotatable bonds is 3. The van der Waals surface area contributed by atoms with Gasteiger partial charge < -0.3 is 9.84 Å². The van der Waals surface area contributed by atoms with Gasteiger partial charge in [0, 0.05) is 26.2 Å². The fourth-order valence-electron chi connectivity index (χ4n) is 3.62. The van der Waals surface area contributed by atoms with Gasteiger partial charge in [-0.1, -0.05) is 36.3 Å². The molecule has 0 aliphatic carbocycles. The summed E-state index contributed by atoms with van der Waals surface area (Å²) >= 11 is 0. The third kappa shape index (κ3) is 3.04. The third-order valence-electron chi connectivity index (χ3n) is 4.87. The summed E-state index contributed by atoms with van der Waals surface area (Å²) < 4.78 is 5.47.